The number of fused-ring (bicyclic) bond motifs is 1. The molecule has 1 fully saturated rings. The highest BCUT2D eigenvalue weighted by molar-refractivity contribution is 6.30. The molecular weight excluding hydrogens is 270 g/mol. The summed E-state index contributed by atoms with van der Waals surface area (Å²) in [4.78, 5) is 0. The largest absolute Gasteiger partial charge is 0.444 e. The summed E-state index contributed by atoms with van der Waals surface area (Å²) in [6.07, 6.45) is 6.80. The minimum atomic E-state index is 0.449. The van der Waals surface area contributed by atoms with Gasteiger partial charge in [-0.05, 0) is 35.9 Å². The molecule has 1 saturated carbocycles. The van der Waals surface area contributed by atoms with Crippen molar-refractivity contribution in [3.8, 4) is 0 Å². The molecule has 1 N–H and O–H groups in total. The number of hydrogen-bond donors (Lipinski definition) is 1. The third-order valence-corrected chi connectivity index (χ3v) is 4.87. The van der Waals surface area contributed by atoms with Crippen LogP contribution in [0.25, 0.3) is 11.0 Å². The first-order valence-electron chi connectivity index (χ1n) is 7.55. The van der Waals surface area contributed by atoms with Crippen LogP contribution in [0, 0.1) is 5.41 Å². The van der Waals surface area contributed by atoms with Crippen molar-refractivity contribution in [2.75, 3.05) is 6.54 Å². The van der Waals surface area contributed by atoms with Gasteiger partial charge in [0.2, 0.25) is 0 Å². The summed E-state index contributed by atoms with van der Waals surface area (Å²) in [6, 6.07) is 8.04. The van der Waals surface area contributed by atoms with Gasteiger partial charge in [-0.1, -0.05) is 44.4 Å². The van der Waals surface area contributed by atoms with E-state index in [0.29, 0.717) is 10.6 Å². The third-order valence-electron chi connectivity index (χ3n) is 4.56. The van der Waals surface area contributed by atoms with Gasteiger partial charge in [0.1, 0.15) is 5.58 Å². The van der Waals surface area contributed by atoms with Crippen molar-refractivity contribution < 1.29 is 4.42 Å². The molecule has 0 unspecified atom stereocenters. The summed E-state index contributed by atoms with van der Waals surface area (Å²) in [5.41, 5.74) is 2.41. The Hall–Kier alpha value is -0.990. The number of halogens is 1. The van der Waals surface area contributed by atoms with E-state index in [1.807, 2.05) is 18.2 Å². The van der Waals surface area contributed by atoms with E-state index in [9.17, 15) is 0 Å². The first kappa shape index (κ1) is 14.0. The van der Waals surface area contributed by atoms with E-state index >= 15 is 0 Å². The second kappa shape index (κ2) is 5.79. The summed E-state index contributed by atoms with van der Waals surface area (Å²) < 4.78 is 5.59. The predicted octanol–water partition coefficient (Wildman–Crippen LogP) is 5.15. The molecule has 0 saturated heterocycles. The summed E-state index contributed by atoms with van der Waals surface area (Å²) in [5.74, 6) is 0. The number of furan rings is 1. The van der Waals surface area contributed by atoms with E-state index in [4.69, 9.17) is 16.0 Å². The average Bonchev–Trinajstić information content (AvgIpc) is 2.76. The quantitative estimate of drug-likeness (QED) is 0.843. The van der Waals surface area contributed by atoms with Crippen LogP contribution in [0.4, 0.5) is 0 Å². The fraction of sp³-hybridized carbons (Fsp3) is 0.529. The molecule has 1 aliphatic carbocycles. The molecular formula is C17H22ClNO. The molecule has 1 aliphatic rings. The normalized spacial score (nSPS) is 18.5. The number of hydrogen-bond acceptors (Lipinski definition) is 2. The Bertz CT molecular complexity index is 584. The molecule has 3 rings (SSSR count). The van der Waals surface area contributed by atoms with Gasteiger partial charge in [0.25, 0.3) is 0 Å². The lowest BCUT2D eigenvalue weighted by atomic mass is 9.76. The van der Waals surface area contributed by atoms with Gasteiger partial charge in [-0.25, -0.2) is 0 Å². The van der Waals surface area contributed by atoms with Crippen molar-refractivity contribution in [3.63, 3.8) is 0 Å². The Kier molecular flexibility index (Phi) is 4.04. The molecule has 2 nitrogen and oxygen atoms in total. The first-order valence-corrected chi connectivity index (χ1v) is 7.92. The molecule has 1 aromatic heterocycles. The molecule has 2 aromatic rings. The Morgan fingerprint density at radius 3 is 2.75 bits per heavy atom. The van der Waals surface area contributed by atoms with Gasteiger partial charge in [-0.3, -0.25) is 0 Å². The third kappa shape index (κ3) is 2.87. The van der Waals surface area contributed by atoms with Gasteiger partial charge in [-0.15, -0.1) is 0 Å². The maximum Gasteiger partial charge on any atom is 0.199 e. The van der Waals surface area contributed by atoms with E-state index in [1.54, 1.807) is 0 Å². The van der Waals surface area contributed by atoms with Crippen LogP contribution in [0.15, 0.2) is 28.7 Å². The monoisotopic (exact) mass is 291 g/mol. The fourth-order valence-corrected chi connectivity index (χ4v) is 3.56. The highest BCUT2D eigenvalue weighted by Gasteiger charge is 2.26. The lowest BCUT2D eigenvalue weighted by Crippen LogP contribution is -2.33. The van der Waals surface area contributed by atoms with E-state index in [-0.39, 0.29) is 0 Å². The molecule has 1 heterocycles. The van der Waals surface area contributed by atoms with Gasteiger partial charge in [0.15, 0.2) is 5.22 Å². The Labute approximate surface area is 125 Å². The highest BCUT2D eigenvalue weighted by atomic mass is 35.5. The fourth-order valence-electron chi connectivity index (χ4n) is 3.31. The molecule has 0 aliphatic heterocycles. The van der Waals surface area contributed by atoms with Gasteiger partial charge < -0.3 is 9.73 Å². The molecule has 0 radical (unpaired) electrons. The van der Waals surface area contributed by atoms with E-state index < -0.39 is 0 Å². The summed E-state index contributed by atoms with van der Waals surface area (Å²) in [6.45, 7) is 4.24. The SMILES string of the molecule is CC1(CNCc2c(Cl)oc3ccccc23)CCCCC1. The van der Waals surface area contributed by atoms with E-state index in [2.05, 4.69) is 18.3 Å². The van der Waals surface area contributed by atoms with Gasteiger partial charge >= 0.3 is 0 Å². The highest BCUT2D eigenvalue weighted by Crippen LogP contribution is 2.35. The van der Waals surface area contributed by atoms with Crippen LogP contribution in [0.2, 0.25) is 5.22 Å². The second-order valence-electron chi connectivity index (χ2n) is 6.33. The average molecular weight is 292 g/mol. The van der Waals surface area contributed by atoms with Crippen molar-refractivity contribution in [1.82, 2.24) is 5.32 Å². The molecule has 1 aromatic carbocycles. The van der Waals surface area contributed by atoms with Crippen LogP contribution in [-0.2, 0) is 6.54 Å². The van der Waals surface area contributed by atoms with E-state index in [1.165, 1.54) is 32.1 Å². The maximum absolute atomic E-state index is 6.22. The van der Waals surface area contributed by atoms with E-state index in [0.717, 1.165) is 29.6 Å². The van der Waals surface area contributed by atoms with Crippen LogP contribution in [0.3, 0.4) is 0 Å². The van der Waals surface area contributed by atoms with Crippen LogP contribution < -0.4 is 5.32 Å². The lowest BCUT2D eigenvalue weighted by molar-refractivity contribution is 0.207. The summed E-state index contributed by atoms with van der Waals surface area (Å²) >= 11 is 6.22. The predicted molar refractivity (Wildman–Crippen MR) is 84.1 cm³/mol. The van der Waals surface area contributed by atoms with Crippen molar-refractivity contribution in [3.05, 3.63) is 35.0 Å². The Balaban J connectivity index is 1.66. The topological polar surface area (TPSA) is 25.2 Å². The molecule has 20 heavy (non-hydrogen) atoms. The summed E-state index contributed by atoms with van der Waals surface area (Å²) in [7, 11) is 0. The number of rotatable bonds is 4. The zero-order chi connectivity index (χ0) is 14.0. The zero-order valence-corrected chi connectivity index (χ0v) is 12.8. The van der Waals surface area contributed by atoms with Crippen LogP contribution in [0.5, 0.6) is 0 Å². The van der Waals surface area contributed by atoms with Gasteiger partial charge in [-0.2, -0.15) is 0 Å². The smallest absolute Gasteiger partial charge is 0.199 e. The van der Waals surface area contributed by atoms with Crippen molar-refractivity contribution in [2.24, 2.45) is 5.41 Å². The molecule has 0 spiro atoms. The maximum atomic E-state index is 6.22. The summed E-state index contributed by atoms with van der Waals surface area (Å²) in [5, 5.41) is 5.23. The molecule has 108 valence electrons. The van der Waals surface area contributed by atoms with Crippen LogP contribution in [0.1, 0.15) is 44.6 Å². The molecule has 0 atom stereocenters. The minimum absolute atomic E-state index is 0.449. The number of nitrogens with one attached hydrogen (secondary N) is 1. The molecule has 0 bridgehead atoms. The standard InChI is InChI=1S/C17H22ClNO/c1-17(9-5-2-6-10-17)12-19-11-14-13-7-3-4-8-15(13)20-16(14)18/h3-4,7-8,19H,2,5-6,9-12H2,1H3. The Morgan fingerprint density at radius 1 is 1.20 bits per heavy atom. The second-order valence-corrected chi connectivity index (χ2v) is 6.67. The first-order chi connectivity index (χ1) is 9.68. The van der Waals surface area contributed by atoms with Crippen LogP contribution in [-0.4, -0.2) is 6.54 Å². The number of para-hydroxylation sites is 1. The minimum Gasteiger partial charge on any atom is -0.444 e. The number of benzene rings is 1. The lowest BCUT2D eigenvalue weighted by Gasteiger charge is -2.33. The van der Waals surface area contributed by atoms with Crippen molar-refractivity contribution in [1.29, 1.82) is 0 Å². The van der Waals surface area contributed by atoms with Gasteiger partial charge in [0, 0.05) is 24.0 Å². The molecule has 3 heteroatoms. The van der Waals surface area contributed by atoms with Crippen molar-refractivity contribution in [2.45, 2.75) is 45.6 Å². The van der Waals surface area contributed by atoms with Crippen LogP contribution >= 0.6 is 11.6 Å². The van der Waals surface area contributed by atoms with Gasteiger partial charge in [0.05, 0.1) is 0 Å². The van der Waals surface area contributed by atoms with Crippen molar-refractivity contribution >= 4 is 22.6 Å². The zero-order valence-electron chi connectivity index (χ0n) is 12.0. The molecule has 0 amide bonds. The Morgan fingerprint density at radius 2 is 1.95 bits per heavy atom.